The molecular weight excluding hydrogens is 428 g/mol. The molecule has 2 aliphatic rings. The Morgan fingerprint density at radius 2 is 1.91 bits per heavy atom. The van der Waals surface area contributed by atoms with Crippen LogP contribution < -0.4 is 5.73 Å². The van der Waals surface area contributed by atoms with E-state index in [-0.39, 0.29) is 5.78 Å². The van der Waals surface area contributed by atoms with Crippen LogP contribution in [0.2, 0.25) is 0 Å². The van der Waals surface area contributed by atoms with Gasteiger partial charge in [-0.3, -0.25) is 9.79 Å². The van der Waals surface area contributed by atoms with Crippen molar-refractivity contribution in [3.8, 4) is 0 Å². The number of carbonyl (C=O) groups is 1. The van der Waals surface area contributed by atoms with E-state index in [1.54, 1.807) is 0 Å². The molecule has 1 aromatic carbocycles. The van der Waals surface area contributed by atoms with Gasteiger partial charge in [0.1, 0.15) is 0 Å². The van der Waals surface area contributed by atoms with Crippen molar-refractivity contribution in [2.75, 3.05) is 19.6 Å². The molecule has 2 heterocycles. The Bertz CT molecular complexity index is 901. The van der Waals surface area contributed by atoms with Crippen molar-refractivity contribution in [3.63, 3.8) is 0 Å². The molecule has 0 spiro atoms. The largest absolute Gasteiger partial charge is 0.398 e. The van der Waals surface area contributed by atoms with Gasteiger partial charge in [-0.05, 0) is 42.9 Å². The topological polar surface area (TPSA) is 61.9 Å². The van der Waals surface area contributed by atoms with E-state index in [1.807, 2.05) is 37.4 Å². The zero-order valence-corrected chi connectivity index (χ0v) is 20.9. The van der Waals surface area contributed by atoms with Crippen LogP contribution in [0.5, 0.6) is 0 Å². The standard InChI is InChI=1S/C27H38N4OS/c1-3-24-14-15-25(16-17-29-24)31-20-19-30(33-31)18-8-6-5-7-9-22-10-12-23(13-11-22)27(28)21-26(32)4-2/h10-14,16-17,21H,3-9,15,18-20,28H2,1-2H3. The summed E-state index contributed by atoms with van der Waals surface area (Å²) in [7, 11) is 0. The number of unbranched alkanes of at least 4 members (excludes halogenated alkanes) is 3. The minimum absolute atomic E-state index is 0.0651. The Morgan fingerprint density at radius 3 is 2.67 bits per heavy atom. The summed E-state index contributed by atoms with van der Waals surface area (Å²) in [6, 6.07) is 8.31. The van der Waals surface area contributed by atoms with Crippen LogP contribution >= 0.6 is 12.1 Å². The molecule has 1 saturated heterocycles. The normalized spacial score (nSPS) is 17.2. The third-order valence-corrected chi connectivity index (χ3v) is 7.29. The van der Waals surface area contributed by atoms with Crippen molar-refractivity contribution in [1.82, 2.24) is 8.61 Å². The van der Waals surface area contributed by atoms with Crippen molar-refractivity contribution in [1.29, 1.82) is 0 Å². The molecule has 0 bridgehead atoms. The summed E-state index contributed by atoms with van der Waals surface area (Å²) in [6.07, 6.45) is 16.4. The Morgan fingerprint density at radius 1 is 1.12 bits per heavy atom. The third-order valence-electron chi connectivity index (χ3n) is 6.08. The first-order chi connectivity index (χ1) is 16.1. The van der Waals surface area contributed by atoms with Crippen molar-refractivity contribution in [2.24, 2.45) is 10.7 Å². The fourth-order valence-electron chi connectivity index (χ4n) is 3.95. The third kappa shape index (κ3) is 8.20. The van der Waals surface area contributed by atoms with E-state index in [9.17, 15) is 4.79 Å². The maximum absolute atomic E-state index is 11.5. The highest BCUT2D eigenvalue weighted by Crippen LogP contribution is 2.30. The number of hydrogen-bond acceptors (Lipinski definition) is 6. The van der Waals surface area contributed by atoms with Gasteiger partial charge in [0.2, 0.25) is 0 Å². The van der Waals surface area contributed by atoms with Gasteiger partial charge in [-0.15, -0.1) is 0 Å². The molecule has 0 radical (unpaired) electrons. The number of carbonyl (C=O) groups excluding carboxylic acids is 1. The zero-order chi connectivity index (χ0) is 23.5. The average Bonchev–Trinajstić information content (AvgIpc) is 3.17. The predicted molar refractivity (Wildman–Crippen MR) is 142 cm³/mol. The number of rotatable bonds is 12. The van der Waals surface area contributed by atoms with E-state index in [4.69, 9.17) is 5.73 Å². The number of nitrogens with two attached hydrogens (primary N) is 1. The van der Waals surface area contributed by atoms with Crippen LogP contribution in [0.1, 0.15) is 69.9 Å². The Kier molecular flexibility index (Phi) is 10.3. The van der Waals surface area contributed by atoms with Gasteiger partial charge in [0.25, 0.3) is 0 Å². The van der Waals surface area contributed by atoms with Crippen LogP contribution in [-0.2, 0) is 11.2 Å². The van der Waals surface area contributed by atoms with E-state index in [2.05, 4.69) is 44.8 Å². The highest BCUT2D eigenvalue weighted by Gasteiger charge is 2.22. The van der Waals surface area contributed by atoms with E-state index >= 15 is 0 Å². The summed E-state index contributed by atoms with van der Waals surface area (Å²) >= 11 is 1.88. The van der Waals surface area contributed by atoms with Gasteiger partial charge >= 0.3 is 0 Å². The summed E-state index contributed by atoms with van der Waals surface area (Å²) in [6.45, 7) is 7.36. The molecule has 3 rings (SSSR count). The minimum atomic E-state index is 0.0651. The molecule has 1 aromatic rings. The van der Waals surface area contributed by atoms with E-state index < -0.39 is 0 Å². The lowest BCUT2D eigenvalue weighted by molar-refractivity contribution is -0.114. The van der Waals surface area contributed by atoms with Crippen LogP contribution in [0.4, 0.5) is 0 Å². The minimum Gasteiger partial charge on any atom is -0.398 e. The summed E-state index contributed by atoms with van der Waals surface area (Å²) in [5.41, 5.74) is 11.4. The maximum atomic E-state index is 11.5. The second-order valence-corrected chi connectivity index (χ2v) is 9.70. The van der Waals surface area contributed by atoms with Crippen molar-refractivity contribution >= 4 is 29.8 Å². The summed E-state index contributed by atoms with van der Waals surface area (Å²) in [5.74, 6) is 0.0651. The van der Waals surface area contributed by atoms with Crippen molar-refractivity contribution < 1.29 is 4.79 Å². The molecule has 33 heavy (non-hydrogen) atoms. The molecule has 2 aliphatic heterocycles. The fraction of sp³-hybridized carbons (Fsp3) is 0.481. The van der Waals surface area contributed by atoms with Gasteiger partial charge in [-0.1, -0.05) is 57.0 Å². The van der Waals surface area contributed by atoms with Crippen LogP contribution in [0.25, 0.3) is 5.70 Å². The van der Waals surface area contributed by atoms with Gasteiger partial charge in [0.05, 0.1) is 0 Å². The zero-order valence-electron chi connectivity index (χ0n) is 20.1. The van der Waals surface area contributed by atoms with Gasteiger partial charge in [0.15, 0.2) is 5.78 Å². The lowest BCUT2D eigenvalue weighted by atomic mass is 10.0. The predicted octanol–water partition coefficient (Wildman–Crippen LogP) is 5.90. The monoisotopic (exact) mass is 466 g/mol. The maximum Gasteiger partial charge on any atom is 0.157 e. The molecule has 1 fully saturated rings. The first-order valence-corrected chi connectivity index (χ1v) is 13.0. The number of ketones is 1. The molecule has 6 heteroatoms. The Labute approximate surface area is 203 Å². The number of benzene rings is 1. The lowest BCUT2D eigenvalue weighted by Crippen LogP contribution is -2.13. The number of aliphatic imine (C=N–C) groups is 1. The molecule has 0 atom stereocenters. The average molecular weight is 467 g/mol. The quantitative estimate of drug-likeness (QED) is 0.236. The van der Waals surface area contributed by atoms with Crippen LogP contribution in [0, 0.1) is 0 Å². The summed E-state index contributed by atoms with van der Waals surface area (Å²) in [5, 5.41) is 0. The SMILES string of the molecule is CCC(=O)C=C(N)c1ccc(CCCCCCN2CCN(C3=CC=NC(CC)=CC3)S2)cc1. The van der Waals surface area contributed by atoms with Crippen LogP contribution in [0.3, 0.4) is 0 Å². The highest BCUT2D eigenvalue weighted by molar-refractivity contribution is 7.95. The molecule has 5 nitrogen and oxygen atoms in total. The summed E-state index contributed by atoms with van der Waals surface area (Å²) < 4.78 is 4.91. The fourth-order valence-corrected chi connectivity index (χ4v) is 5.00. The molecule has 0 saturated carbocycles. The Hall–Kier alpha value is -2.31. The lowest BCUT2D eigenvalue weighted by Gasteiger charge is -2.19. The molecule has 0 aromatic heterocycles. The highest BCUT2D eigenvalue weighted by atomic mass is 32.2. The number of nitrogens with zero attached hydrogens (tertiary/aromatic N) is 3. The molecular formula is C27H38N4OS. The van der Waals surface area contributed by atoms with Gasteiger partial charge < -0.3 is 10.0 Å². The van der Waals surface area contributed by atoms with Crippen molar-refractivity contribution in [3.05, 3.63) is 65.0 Å². The smallest absolute Gasteiger partial charge is 0.157 e. The number of aryl methyl sites for hydroxylation is 1. The van der Waals surface area contributed by atoms with Gasteiger partial charge in [-0.2, -0.15) is 0 Å². The molecule has 2 N–H and O–H groups in total. The molecule has 0 unspecified atom stereocenters. The first kappa shape index (κ1) is 25.3. The van der Waals surface area contributed by atoms with Crippen LogP contribution in [-0.4, -0.2) is 40.2 Å². The van der Waals surface area contributed by atoms with E-state index in [0.717, 1.165) is 44.5 Å². The number of hydrogen-bond donors (Lipinski definition) is 1. The second kappa shape index (κ2) is 13.4. The van der Waals surface area contributed by atoms with Crippen molar-refractivity contribution in [2.45, 2.75) is 65.2 Å². The Balaban J connectivity index is 1.30. The molecule has 0 aliphatic carbocycles. The van der Waals surface area contributed by atoms with E-state index in [1.165, 1.54) is 48.7 Å². The molecule has 0 amide bonds. The summed E-state index contributed by atoms with van der Waals surface area (Å²) in [4.78, 5) is 16.0. The van der Waals surface area contributed by atoms with Gasteiger partial charge in [-0.25, -0.2) is 4.31 Å². The van der Waals surface area contributed by atoms with Crippen LogP contribution in [0.15, 0.2) is 58.9 Å². The van der Waals surface area contributed by atoms with Gasteiger partial charge in [0, 0.05) is 74.0 Å². The second-order valence-electron chi connectivity index (χ2n) is 8.58. The molecule has 178 valence electrons. The first-order valence-electron chi connectivity index (χ1n) is 12.3. The number of allylic oxidation sites excluding steroid dienone is 4. The van der Waals surface area contributed by atoms with E-state index in [0.29, 0.717) is 12.1 Å².